The third-order valence-electron chi connectivity index (χ3n) is 20.0. The number of ketones is 2. The maximum absolute atomic E-state index is 14.2. The molecular weight excluding hydrogens is 1530 g/mol. The molecule has 23 nitrogen and oxygen atoms in total. The van der Waals surface area contributed by atoms with Gasteiger partial charge in [-0.25, -0.2) is 4.79 Å². The van der Waals surface area contributed by atoms with Crippen molar-refractivity contribution < 1.29 is 72.8 Å². The first-order chi connectivity index (χ1) is 57.0. The zero-order valence-electron chi connectivity index (χ0n) is 66.7. The average molecular weight is 1640 g/mol. The van der Waals surface area contributed by atoms with Crippen LogP contribution >= 0.6 is 23.5 Å². The molecule has 0 spiro atoms. The zero-order valence-corrected chi connectivity index (χ0v) is 68.3. The molecule has 118 heavy (non-hydrogen) atoms. The molecule has 8 aromatic rings. The third kappa shape index (κ3) is 25.4. The Kier molecular flexibility index (Phi) is 34.0. The average Bonchev–Trinajstić information content (AvgIpc) is 1.46. The first-order valence-electron chi connectivity index (χ1n) is 39.6. The Morgan fingerprint density at radius 1 is 0.432 bits per heavy atom. The van der Waals surface area contributed by atoms with Crippen LogP contribution in [0.2, 0.25) is 0 Å². The Labute approximate surface area is 697 Å². The van der Waals surface area contributed by atoms with E-state index in [-0.39, 0.29) is 61.5 Å². The standard InChI is InChI=1S/C46H44N4O6S.C39H46N4O6S.C8H14O3/c1-31(51)27-47-43(54)45(25-26-45)50-42(53)40(30-57-46(32-15-5-2-6-16-32,33-17-7-3-8-18-33)34-19-9-4-10-20-34)49-41(52)28-48-44(55)56-29-39-37-23-13-11-21-35(37)36-22-12-14-24-38(36)39;1-3-4-8-21-32(45)24-34(46)40-26-35(47)42-33(36(48)43-38(22-23-38)37(49)41-25-28(2)44)27-50-39(29-15-9-5-10-16-29,30-17-11-6-12-18-30)31-19-13-7-14-20-31;1-2-3-4-5-7(9)6-8(10)11/h2-24,39-40H,25-30H2,1H3,(H,47,54)(H,48,55)(H,49,52)(H,50,53);5-21,32-33,45H,3-4,22-27H2,1-2H3,(H,40,46)(H,41,49)(H,42,47)(H,43,48);4-5,7,9H,2-3,6H2,1H3,(H,10,11)/b;21-8+;5-4+/t40-;32-,33-;7-/m111/s1. The first kappa shape index (κ1) is 90.2. The molecule has 0 saturated heterocycles. The van der Waals surface area contributed by atoms with Gasteiger partial charge in [0, 0.05) is 17.4 Å². The van der Waals surface area contributed by atoms with Gasteiger partial charge in [-0.1, -0.05) is 282 Å². The number of aliphatic carboxylic acids is 1. The number of unbranched alkanes of at least 4 members (excludes halogenated alkanes) is 2. The molecule has 8 amide bonds. The van der Waals surface area contributed by atoms with Crippen molar-refractivity contribution in [2.45, 2.75) is 143 Å². The van der Waals surface area contributed by atoms with Gasteiger partial charge < -0.3 is 62.6 Å². The van der Waals surface area contributed by atoms with E-state index in [1.165, 1.54) is 43.4 Å². The quantitative estimate of drug-likeness (QED) is 0.0126. The molecule has 2 saturated carbocycles. The summed E-state index contributed by atoms with van der Waals surface area (Å²) in [6.45, 7) is 5.68. The van der Waals surface area contributed by atoms with Crippen molar-refractivity contribution in [2.75, 3.05) is 44.3 Å². The number of carbonyl (C=O) groups excluding carboxylic acids is 10. The second-order valence-corrected chi connectivity index (χ2v) is 31.6. The van der Waals surface area contributed by atoms with Crippen LogP contribution in [-0.2, 0) is 62.2 Å². The molecule has 11 rings (SSSR count). The fraction of sp³-hybridized carbons (Fsp3) is 0.323. The van der Waals surface area contributed by atoms with Gasteiger partial charge in [-0.2, -0.15) is 0 Å². The molecule has 0 radical (unpaired) electrons. The highest BCUT2D eigenvalue weighted by atomic mass is 32.2. The van der Waals surface area contributed by atoms with Gasteiger partial charge in [0.2, 0.25) is 41.4 Å². The van der Waals surface area contributed by atoms with Gasteiger partial charge in [0.15, 0.2) is 0 Å². The van der Waals surface area contributed by atoms with E-state index in [0.717, 1.165) is 81.3 Å². The number of alkyl carbamates (subject to hydrolysis) is 1. The summed E-state index contributed by atoms with van der Waals surface area (Å²) in [5.41, 5.74) is 7.78. The lowest BCUT2D eigenvalue weighted by Gasteiger charge is -2.36. The van der Waals surface area contributed by atoms with E-state index in [9.17, 15) is 57.8 Å². The van der Waals surface area contributed by atoms with Crippen LogP contribution in [0.4, 0.5) is 4.79 Å². The second-order valence-electron chi connectivity index (χ2n) is 29.2. The monoisotopic (exact) mass is 1640 g/mol. The first-order valence-corrected chi connectivity index (χ1v) is 41.6. The fourth-order valence-corrected chi connectivity index (χ4v) is 16.8. The molecule has 25 heteroatoms. The maximum atomic E-state index is 14.2. The summed E-state index contributed by atoms with van der Waals surface area (Å²) in [7, 11) is 0. The predicted octanol–water partition coefficient (Wildman–Crippen LogP) is 11.0. The molecule has 8 aromatic carbocycles. The van der Waals surface area contributed by atoms with E-state index in [0.29, 0.717) is 25.7 Å². The highest BCUT2D eigenvalue weighted by Crippen LogP contribution is 2.51. The number of aliphatic hydroxyl groups excluding tert-OH is 2. The largest absolute Gasteiger partial charge is 0.481 e. The van der Waals surface area contributed by atoms with Crippen molar-refractivity contribution in [3.05, 3.63) is 299 Å². The minimum absolute atomic E-state index is 0.0808. The van der Waals surface area contributed by atoms with Crippen molar-refractivity contribution in [3.63, 3.8) is 0 Å². The van der Waals surface area contributed by atoms with Crippen molar-refractivity contribution in [3.8, 4) is 11.1 Å². The summed E-state index contributed by atoms with van der Waals surface area (Å²) in [6.07, 6.45) is 8.84. The number of nitrogens with one attached hydrogen (secondary N) is 8. The van der Waals surface area contributed by atoms with Crippen LogP contribution in [0.15, 0.2) is 255 Å². The number of carbonyl (C=O) groups is 11. The fourth-order valence-electron chi connectivity index (χ4n) is 13.7. The van der Waals surface area contributed by atoms with Crippen LogP contribution in [0.5, 0.6) is 0 Å². The van der Waals surface area contributed by atoms with Gasteiger partial charge in [0.05, 0.1) is 54.2 Å². The number of rotatable bonds is 40. The lowest BCUT2D eigenvalue weighted by molar-refractivity contribution is -0.138. The van der Waals surface area contributed by atoms with Crippen molar-refractivity contribution in [1.29, 1.82) is 0 Å². The Hall–Kier alpha value is -11.8. The molecule has 4 atom stereocenters. The van der Waals surface area contributed by atoms with Gasteiger partial charge in [-0.05, 0) is 108 Å². The van der Waals surface area contributed by atoms with Gasteiger partial charge in [-0.15, -0.1) is 23.5 Å². The van der Waals surface area contributed by atoms with E-state index in [4.69, 9.17) is 14.9 Å². The van der Waals surface area contributed by atoms with Crippen LogP contribution in [0.3, 0.4) is 0 Å². The number of carboxylic acid groups (broad SMARTS) is 1. The SMILES string of the molecule is CC(=O)CNC(=O)C1(NC(=O)[C@@H](CSC(c2ccccc2)(c2ccccc2)c2ccccc2)NC(=O)CNC(=O)OCC2c3ccccc3-c3ccccc32)CC1.CCC/C=C/[C@@H](O)CC(=O)NCC(=O)N[C@H](CSC(c1ccccc1)(c1ccccc1)c1ccccc1)C(=O)NC1(C(=O)NCC(C)=O)CC1.CCC/C=C/[C@@H](O)CC(=O)O. The summed E-state index contributed by atoms with van der Waals surface area (Å²) in [6, 6.07) is 73.4. The number of hydrogen-bond donors (Lipinski definition) is 11. The molecule has 0 bridgehead atoms. The van der Waals surface area contributed by atoms with Crippen molar-refractivity contribution >= 4 is 88.5 Å². The summed E-state index contributed by atoms with van der Waals surface area (Å²) < 4.78 is 4.04. The number of hydrogen-bond acceptors (Lipinski definition) is 16. The Morgan fingerprint density at radius 3 is 1.08 bits per heavy atom. The number of ether oxygens (including phenoxy) is 1. The van der Waals surface area contributed by atoms with Gasteiger partial charge >= 0.3 is 12.1 Å². The number of allylic oxidation sites excluding steroid dienone is 2. The van der Waals surface area contributed by atoms with Gasteiger partial charge in [0.1, 0.15) is 47.9 Å². The number of amides is 8. The Bertz CT molecular complexity index is 4530. The summed E-state index contributed by atoms with van der Waals surface area (Å²) in [5.74, 6) is -5.13. The molecule has 618 valence electrons. The molecule has 3 aliphatic carbocycles. The van der Waals surface area contributed by atoms with Crippen LogP contribution < -0.4 is 42.5 Å². The number of benzene rings is 8. The highest BCUT2D eigenvalue weighted by Gasteiger charge is 2.54. The van der Waals surface area contributed by atoms with E-state index in [1.54, 1.807) is 18.2 Å². The van der Waals surface area contributed by atoms with E-state index >= 15 is 0 Å². The Morgan fingerprint density at radius 2 is 0.754 bits per heavy atom. The van der Waals surface area contributed by atoms with Crippen LogP contribution in [0, 0.1) is 0 Å². The maximum Gasteiger partial charge on any atom is 0.407 e. The predicted molar refractivity (Wildman–Crippen MR) is 458 cm³/mol. The Balaban J connectivity index is 0.000000240. The molecular formula is C93H104N8O15S2. The molecule has 2 fully saturated rings. The topological polar surface area (TPSA) is 354 Å². The van der Waals surface area contributed by atoms with Crippen molar-refractivity contribution in [1.82, 2.24) is 42.5 Å². The van der Waals surface area contributed by atoms with Crippen LogP contribution in [-0.4, -0.2) is 160 Å². The van der Waals surface area contributed by atoms with Gasteiger partial charge in [-0.3, -0.25) is 47.9 Å². The molecule has 11 N–H and O–H groups in total. The smallest absolute Gasteiger partial charge is 0.407 e. The lowest BCUT2D eigenvalue weighted by atomic mass is 9.84. The number of aliphatic hydroxyl groups is 2. The number of carboxylic acids is 1. The summed E-state index contributed by atoms with van der Waals surface area (Å²) in [4.78, 5) is 140. The van der Waals surface area contributed by atoms with E-state index in [1.807, 2.05) is 232 Å². The summed E-state index contributed by atoms with van der Waals surface area (Å²) in [5, 5.41) is 49.0. The molecule has 0 unspecified atom stereocenters. The molecule has 0 heterocycles. The molecule has 0 aromatic heterocycles. The minimum Gasteiger partial charge on any atom is -0.481 e. The van der Waals surface area contributed by atoms with E-state index in [2.05, 4.69) is 54.7 Å². The third-order valence-corrected chi connectivity index (χ3v) is 23.3. The minimum atomic E-state index is -1.19. The zero-order chi connectivity index (χ0) is 84.5. The van der Waals surface area contributed by atoms with E-state index < -0.39 is 111 Å². The normalized spacial score (nSPS) is 14.4. The number of fused-ring (bicyclic) bond motifs is 3. The van der Waals surface area contributed by atoms with Crippen LogP contribution in [0.25, 0.3) is 11.1 Å². The summed E-state index contributed by atoms with van der Waals surface area (Å²) >= 11 is 2.95. The number of Topliss-reactive ketones (excluding diaryl/α,β-unsaturated/α-hetero) is 2. The lowest BCUT2D eigenvalue weighted by Crippen LogP contribution is -2.57. The highest BCUT2D eigenvalue weighted by molar-refractivity contribution is 8.01. The number of thioether (sulfide) groups is 2. The molecule has 3 aliphatic rings. The van der Waals surface area contributed by atoms with Crippen LogP contribution in [0.1, 0.15) is 142 Å². The van der Waals surface area contributed by atoms with Gasteiger partial charge in [0.25, 0.3) is 0 Å². The second kappa shape index (κ2) is 44.5. The molecule has 0 aliphatic heterocycles. The van der Waals surface area contributed by atoms with Crippen molar-refractivity contribution in [2.24, 2.45) is 0 Å².